The van der Waals surface area contributed by atoms with E-state index in [4.69, 9.17) is 9.47 Å². The van der Waals surface area contributed by atoms with E-state index in [1.807, 2.05) is 28.1 Å². The number of carbonyl (C=O) groups excluding carboxylic acids is 1. The van der Waals surface area contributed by atoms with Gasteiger partial charge in [-0.25, -0.2) is 9.79 Å². The Morgan fingerprint density at radius 1 is 1.08 bits per heavy atom. The lowest BCUT2D eigenvalue weighted by Gasteiger charge is -2.11. The van der Waals surface area contributed by atoms with Crippen LogP contribution in [0, 0.1) is 0 Å². The Bertz CT molecular complexity index is 1270. The number of carbonyl (C=O) groups is 1. The van der Waals surface area contributed by atoms with Gasteiger partial charge in [-0.1, -0.05) is 13.3 Å². The number of alkyl halides is 3. The second kappa shape index (κ2) is 12.0. The van der Waals surface area contributed by atoms with E-state index in [9.17, 15) is 18.0 Å². The number of benzene rings is 2. The Morgan fingerprint density at radius 3 is 2.54 bits per heavy atom. The van der Waals surface area contributed by atoms with Crippen molar-refractivity contribution >= 4 is 23.1 Å². The van der Waals surface area contributed by atoms with Gasteiger partial charge in [0.05, 0.1) is 11.4 Å². The largest absolute Gasteiger partial charge is 0.573 e. The Kier molecular flexibility index (Phi) is 8.59. The molecule has 0 atom stereocenters. The molecular weight excluding hydrogens is 509 g/mol. The van der Waals surface area contributed by atoms with Crippen molar-refractivity contribution in [1.29, 1.82) is 0 Å². The lowest BCUT2D eigenvalue weighted by atomic mass is 10.1. The Hall–Kier alpha value is -3.67. The maximum Gasteiger partial charge on any atom is 0.573 e. The molecule has 0 spiro atoms. The van der Waals surface area contributed by atoms with Gasteiger partial charge < -0.3 is 29.4 Å². The highest BCUT2D eigenvalue weighted by Crippen LogP contribution is 2.36. The van der Waals surface area contributed by atoms with Gasteiger partial charge in [0.1, 0.15) is 5.75 Å². The Morgan fingerprint density at radius 2 is 1.81 bits per heavy atom. The fourth-order valence-corrected chi connectivity index (χ4v) is 4.59. The highest BCUT2D eigenvalue weighted by molar-refractivity contribution is 7.07. The first kappa shape index (κ1) is 26.4. The molecule has 1 aliphatic rings. The Balaban J connectivity index is 1.54. The third-order valence-electron chi connectivity index (χ3n) is 5.42. The van der Waals surface area contributed by atoms with E-state index >= 15 is 0 Å². The molecule has 12 heteroatoms. The number of rotatable bonds is 10. The number of unbranched alkanes of at least 4 members (excludes halogenated alkanes) is 1. The predicted molar refractivity (Wildman–Crippen MR) is 133 cm³/mol. The number of nitrogens with one attached hydrogen (secondary N) is 2. The molecule has 2 amide bonds. The molecule has 0 radical (unpaired) electrons. The van der Waals surface area contributed by atoms with Crippen LogP contribution in [-0.2, 0) is 6.54 Å². The van der Waals surface area contributed by atoms with Crippen molar-refractivity contribution < 1.29 is 32.2 Å². The molecule has 0 bridgehead atoms. The summed E-state index contributed by atoms with van der Waals surface area (Å²) in [5, 5.41) is 7.64. The number of ether oxygens (including phenoxy) is 3. The van der Waals surface area contributed by atoms with E-state index < -0.39 is 6.36 Å². The molecule has 0 fully saturated rings. The van der Waals surface area contributed by atoms with E-state index in [1.165, 1.54) is 35.6 Å². The monoisotopic (exact) mass is 536 g/mol. The zero-order valence-corrected chi connectivity index (χ0v) is 21.0. The van der Waals surface area contributed by atoms with Crippen molar-refractivity contribution in [2.75, 3.05) is 19.9 Å². The first-order chi connectivity index (χ1) is 17.8. The number of aromatic nitrogens is 1. The average Bonchev–Trinajstić information content (AvgIpc) is 3.49. The highest BCUT2D eigenvalue weighted by atomic mass is 32.1. The molecule has 8 nitrogen and oxygen atoms in total. The number of hydrogen-bond donors (Lipinski definition) is 2. The van der Waals surface area contributed by atoms with Gasteiger partial charge in [-0.15, -0.1) is 24.5 Å². The summed E-state index contributed by atoms with van der Waals surface area (Å²) in [4.78, 5) is 17.3. The summed E-state index contributed by atoms with van der Waals surface area (Å²) in [5.74, 6) is 1.02. The van der Waals surface area contributed by atoms with Crippen LogP contribution in [0.4, 0.5) is 23.7 Å². The number of hydrogen-bond acceptors (Lipinski definition) is 6. The number of halogens is 3. The minimum absolute atomic E-state index is 0.170. The zero-order chi connectivity index (χ0) is 26.3. The van der Waals surface area contributed by atoms with E-state index in [-0.39, 0.29) is 18.6 Å². The van der Waals surface area contributed by atoms with Gasteiger partial charge in [0.25, 0.3) is 0 Å². The lowest BCUT2D eigenvalue weighted by Crippen LogP contribution is -2.36. The zero-order valence-electron chi connectivity index (χ0n) is 20.1. The molecule has 2 N–H and O–H groups in total. The molecule has 1 aliphatic heterocycles. The summed E-state index contributed by atoms with van der Waals surface area (Å²) in [7, 11) is 0. The van der Waals surface area contributed by atoms with Gasteiger partial charge in [-0.05, 0) is 55.3 Å². The summed E-state index contributed by atoms with van der Waals surface area (Å²) in [6.07, 6.45) is -2.19. The molecule has 2 aromatic carbocycles. The molecule has 198 valence electrons. The number of urea groups is 1. The van der Waals surface area contributed by atoms with Crippen LogP contribution in [0.2, 0.25) is 0 Å². The minimum Gasteiger partial charge on any atom is -0.454 e. The van der Waals surface area contributed by atoms with E-state index in [0.717, 1.165) is 24.1 Å². The quantitative estimate of drug-likeness (QED) is 0.332. The fourth-order valence-electron chi connectivity index (χ4n) is 3.63. The number of thiazole rings is 1. The topological polar surface area (TPSA) is 86.1 Å². The summed E-state index contributed by atoms with van der Waals surface area (Å²) in [6.45, 7) is 3.87. The van der Waals surface area contributed by atoms with Gasteiger partial charge in [0.15, 0.2) is 16.3 Å². The van der Waals surface area contributed by atoms with Crippen LogP contribution in [0.1, 0.15) is 26.2 Å². The summed E-state index contributed by atoms with van der Waals surface area (Å²) in [6, 6.07) is 10.9. The van der Waals surface area contributed by atoms with Crippen molar-refractivity contribution in [1.82, 2.24) is 15.2 Å². The highest BCUT2D eigenvalue weighted by Gasteiger charge is 2.31. The van der Waals surface area contributed by atoms with Crippen LogP contribution >= 0.6 is 11.3 Å². The molecule has 0 unspecified atom stereocenters. The second-order valence-corrected chi connectivity index (χ2v) is 9.00. The van der Waals surface area contributed by atoms with Crippen LogP contribution in [0.5, 0.6) is 17.2 Å². The maximum absolute atomic E-state index is 12.5. The van der Waals surface area contributed by atoms with Gasteiger partial charge in [0.2, 0.25) is 6.79 Å². The van der Waals surface area contributed by atoms with E-state index in [0.29, 0.717) is 48.0 Å². The van der Waals surface area contributed by atoms with Crippen LogP contribution < -0.4 is 29.6 Å². The van der Waals surface area contributed by atoms with Crippen molar-refractivity contribution in [2.24, 2.45) is 4.99 Å². The van der Waals surface area contributed by atoms with Crippen LogP contribution in [0.3, 0.4) is 0 Å². The normalized spacial score (nSPS) is 13.0. The first-order valence-corrected chi connectivity index (χ1v) is 12.7. The van der Waals surface area contributed by atoms with E-state index in [1.54, 1.807) is 0 Å². The smallest absolute Gasteiger partial charge is 0.454 e. The molecule has 0 aliphatic carbocycles. The molecule has 0 saturated heterocycles. The van der Waals surface area contributed by atoms with Gasteiger partial charge in [0, 0.05) is 30.6 Å². The molecular formula is C25H27F3N4O4S. The summed E-state index contributed by atoms with van der Waals surface area (Å²) < 4.78 is 54.3. The summed E-state index contributed by atoms with van der Waals surface area (Å²) in [5.41, 5.74) is 2.28. The summed E-state index contributed by atoms with van der Waals surface area (Å²) >= 11 is 1.40. The first-order valence-electron chi connectivity index (χ1n) is 11.8. The van der Waals surface area contributed by atoms with Gasteiger partial charge >= 0.3 is 12.4 Å². The minimum atomic E-state index is -4.75. The fraction of sp³-hybridized carbons (Fsp3) is 0.360. The van der Waals surface area contributed by atoms with Crippen molar-refractivity contribution in [3.8, 4) is 28.5 Å². The molecule has 0 saturated carbocycles. The average molecular weight is 537 g/mol. The molecule has 2 heterocycles. The van der Waals surface area contributed by atoms with Crippen LogP contribution in [0.25, 0.3) is 11.3 Å². The maximum atomic E-state index is 12.5. The lowest BCUT2D eigenvalue weighted by molar-refractivity contribution is -0.274. The predicted octanol–water partition coefficient (Wildman–Crippen LogP) is 5.57. The van der Waals surface area contributed by atoms with Crippen molar-refractivity contribution in [3.05, 3.63) is 52.6 Å². The number of fused-ring (bicyclic) bond motifs is 1. The van der Waals surface area contributed by atoms with Crippen LogP contribution in [-0.4, -0.2) is 36.8 Å². The van der Waals surface area contributed by atoms with Gasteiger partial charge in [-0.2, -0.15) is 0 Å². The van der Waals surface area contributed by atoms with Crippen molar-refractivity contribution in [2.45, 2.75) is 39.1 Å². The third kappa shape index (κ3) is 7.42. The molecule has 4 rings (SSSR count). The third-order valence-corrected chi connectivity index (χ3v) is 6.28. The molecule has 3 aromatic rings. The van der Waals surface area contributed by atoms with Gasteiger partial charge in [-0.3, -0.25) is 0 Å². The SMILES string of the molecule is CCCCNC(=O)NCCCn1c(-c2ccc3c(c2)OCO3)csc1=Nc1ccc(OC(F)(F)F)cc1. The standard InChI is InChI=1S/C25H27F3N4O4S/c1-2-3-11-29-23(33)30-12-4-13-32-20(17-5-10-21-22(14-17)35-16-34-21)15-37-24(32)31-18-6-8-19(9-7-18)36-25(26,27)28/h5-10,14-15H,2-4,11-13,16H2,1H3,(H2,29,30,33). The van der Waals surface area contributed by atoms with Crippen molar-refractivity contribution in [3.63, 3.8) is 0 Å². The molecule has 37 heavy (non-hydrogen) atoms. The number of amides is 2. The molecule has 1 aromatic heterocycles. The Labute approximate surface area is 215 Å². The van der Waals surface area contributed by atoms with E-state index in [2.05, 4.69) is 27.3 Å². The second-order valence-electron chi connectivity index (χ2n) is 8.17. The van der Waals surface area contributed by atoms with Crippen LogP contribution in [0.15, 0.2) is 52.8 Å². The number of nitrogens with zero attached hydrogens (tertiary/aromatic N) is 2.